The van der Waals surface area contributed by atoms with Crippen molar-refractivity contribution < 1.29 is 14.4 Å². The molecule has 0 bridgehead atoms. The third-order valence-electron chi connectivity index (χ3n) is 3.28. The number of hydrogen-bond acceptors (Lipinski definition) is 5. The lowest BCUT2D eigenvalue weighted by Crippen LogP contribution is -2.34. The Bertz CT molecular complexity index is 682. The molecule has 7 heteroatoms. The van der Waals surface area contributed by atoms with E-state index < -0.39 is 10.5 Å². The number of aliphatic hydroxyl groups is 1. The highest BCUT2D eigenvalue weighted by atomic mass is 35.5. The monoisotopic (exact) mass is 324 g/mol. The Morgan fingerprint density at radius 3 is 2.73 bits per heavy atom. The van der Waals surface area contributed by atoms with Crippen LogP contribution in [0.1, 0.15) is 24.0 Å². The molecule has 0 saturated heterocycles. The van der Waals surface area contributed by atoms with E-state index in [2.05, 4.69) is 5.32 Å². The van der Waals surface area contributed by atoms with E-state index in [0.29, 0.717) is 17.9 Å². The van der Waals surface area contributed by atoms with Gasteiger partial charge in [-0.05, 0) is 37.6 Å². The molecule has 0 spiro atoms. The third kappa shape index (κ3) is 3.85. The first-order chi connectivity index (χ1) is 10.3. The van der Waals surface area contributed by atoms with Gasteiger partial charge in [0.05, 0.1) is 4.92 Å². The summed E-state index contributed by atoms with van der Waals surface area (Å²) in [6, 6.07) is 8.12. The molecule has 22 heavy (non-hydrogen) atoms. The van der Waals surface area contributed by atoms with E-state index in [1.54, 1.807) is 32.0 Å². The number of rotatable bonds is 6. The average Bonchev–Trinajstić information content (AvgIpc) is 2.88. The van der Waals surface area contributed by atoms with Crippen LogP contribution in [0.2, 0.25) is 5.02 Å². The largest absolute Gasteiger partial charge is 0.463 e. The first-order valence-electron chi connectivity index (χ1n) is 6.72. The first-order valence-corrected chi connectivity index (χ1v) is 7.10. The van der Waals surface area contributed by atoms with Crippen LogP contribution in [0.4, 0.5) is 5.69 Å². The molecule has 0 saturated carbocycles. The molecule has 1 aromatic carbocycles. The van der Waals surface area contributed by atoms with E-state index in [1.165, 1.54) is 12.1 Å². The summed E-state index contributed by atoms with van der Waals surface area (Å²) in [6.07, 6.45) is 0. The third-order valence-corrected chi connectivity index (χ3v) is 3.60. The summed E-state index contributed by atoms with van der Waals surface area (Å²) >= 11 is 5.77. The van der Waals surface area contributed by atoms with Crippen LogP contribution in [0.5, 0.6) is 0 Å². The molecule has 1 unspecified atom stereocenters. The van der Waals surface area contributed by atoms with Gasteiger partial charge in [-0.25, -0.2) is 0 Å². The van der Waals surface area contributed by atoms with Gasteiger partial charge >= 0.3 is 0 Å². The van der Waals surface area contributed by atoms with E-state index in [1.807, 2.05) is 0 Å². The van der Waals surface area contributed by atoms with Crippen LogP contribution in [0.15, 0.2) is 34.7 Å². The SMILES string of the molecule is Cc1ccc(C(C)(O)CNCc2ccc(Cl)c([N+](=O)[O-])c2)o1. The summed E-state index contributed by atoms with van der Waals surface area (Å²) in [5.74, 6) is 1.20. The zero-order valence-corrected chi connectivity index (χ0v) is 13.1. The van der Waals surface area contributed by atoms with Gasteiger partial charge in [0.1, 0.15) is 22.1 Å². The second-order valence-corrected chi connectivity index (χ2v) is 5.74. The molecule has 2 N–H and O–H groups in total. The summed E-state index contributed by atoms with van der Waals surface area (Å²) in [7, 11) is 0. The Morgan fingerprint density at radius 2 is 2.14 bits per heavy atom. The zero-order chi connectivity index (χ0) is 16.3. The van der Waals surface area contributed by atoms with Gasteiger partial charge in [-0.1, -0.05) is 17.7 Å². The Morgan fingerprint density at radius 1 is 1.41 bits per heavy atom. The lowest BCUT2D eigenvalue weighted by molar-refractivity contribution is -0.384. The van der Waals surface area contributed by atoms with Crippen molar-refractivity contribution in [3.63, 3.8) is 0 Å². The van der Waals surface area contributed by atoms with Crippen LogP contribution >= 0.6 is 11.6 Å². The van der Waals surface area contributed by atoms with Gasteiger partial charge in [-0.2, -0.15) is 0 Å². The highest BCUT2D eigenvalue weighted by Crippen LogP contribution is 2.25. The summed E-state index contributed by atoms with van der Waals surface area (Å²) in [6.45, 7) is 4.06. The second kappa shape index (κ2) is 6.48. The van der Waals surface area contributed by atoms with E-state index in [-0.39, 0.29) is 17.3 Å². The summed E-state index contributed by atoms with van der Waals surface area (Å²) in [5.41, 5.74) is -0.580. The van der Waals surface area contributed by atoms with Gasteiger partial charge in [0.2, 0.25) is 0 Å². The molecule has 118 valence electrons. The first kappa shape index (κ1) is 16.5. The van der Waals surface area contributed by atoms with Crippen molar-refractivity contribution >= 4 is 17.3 Å². The fourth-order valence-corrected chi connectivity index (χ4v) is 2.26. The lowest BCUT2D eigenvalue weighted by atomic mass is 10.0. The predicted octanol–water partition coefficient (Wildman–Crippen LogP) is 3.15. The maximum atomic E-state index is 10.8. The van der Waals surface area contributed by atoms with Crippen molar-refractivity contribution in [1.82, 2.24) is 5.32 Å². The number of nitrogens with one attached hydrogen (secondary N) is 1. The number of aryl methyl sites for hydroxylation is 1. The Kier molecular flexibility index (Phi) is 4.85. The minimum Gasteiger partial charge on any atom is -0.463 e. The highest BCUT2D eigenvalue weighted by Gasteiger charge is 2.26. The molecule has 0 radical (unpaired) electrons. The van der Waals surface area contributed by atoms with Gasteiger partial charge < -0.3 is 14.8 Å². The van der Waals surface area contributed by atoms with Crippen LogP contribution in [-0.2, 0) is 12.1 Å². The van der Waals surface area contributed by atoms with Crippen LogP contribution in [0.3, 0.4) is 0 Å². The van der Waals surface area contributed by atoms with Crippen molar-refractivity contribution in [3.05, 3.63) is 62.6 Å². The average molecular weight is 325 g/mol. The smallest absolute Gasteiger partial charge is 0.288 e. The maximum Gasteiger partial charge on any atom is 0.288 e. The van der Waals surface area contributed by atoms with Crippen molar-refractivity contribution in [2.75, 3.05) is 6.54 Å². The van der Waals surface area contributed by atoms with E-state index >= 15 is 0 Å². The molecule has 0 fully saturated rings. The number of hydrogen-bond donors (Lipinski definition) is 2. The molecule has 6 nitrogen and oxygen atoms in total. The van der Waals surface area contributed by atoms with Crippen molar-refractivity contribution in [2.45, 2.75) is 26.0 Å². The number of halogens is 1. The van der Waals surface area contributed by atoms with E-state index in [4.69, 9.17) is 16.0 Å². The number of furan rings is 1. The molecule has 0 amide bonds. The zero-order valence-electron chi connectivity index (χ0n) is 12.3. The fourth-order valence-electron chi connectivity index (χ4n) is 2.07. The maximum absolute atomic E-state index is 10.8. The molecule has 1 heterocycles. The Hall–Kier alpha value is -1.89. The number of nitro groups is 1. The minimum absolute atomic E-state index is 0.104. The molecule has 1 aromatic heterocycles. The molecular formula is C15H17ClN2O4. The predicted molar refractivity (Wildman–Crippen MR) is 82.8 cm³/mol. The Labute approximate surface area is 132 Å². The van der Waals surface area contributed by atoms with Crippen molar-refractivity contribution in [1.29, 1.82) is 0 Å². The fraction of sp³-hybridized carbons (Fsp3) is 0.333. The lowest BCUT2D eigenvalue weighted by Gasteiger charge is -2.21. The molecule has 1 atom stereocenters. The highest BCUT2D eigenvalue weighted by molar-refractivity contribution is 6.32. The Balaban J connectivity index is 1.99. The van der Waals surface area contributed by atoms with Crippen molar-refractivity contribution in [2.24, 2.45) is 0 Å². The molecule has 2 rings (SSSR count). The minimum atomic E-state index is -1.16. The second-order valence-electron chi connectivity index (χ2n) is 5.33. The standard InChI is InChI=1S/C15H17ClN2O4/c1-10-3-6-14(22-10)15(2,19)9-17-8-11-4-5-12(16)13(7-11)18(20)21/h3-7,17,19H,8-9H2,1-2H3. The number of benzene rings is 1. The van der Waals surface area contributed by atoms with E-state index in [0.717, 1.165) is 5.76 Å². The molecule has 2 aromatic rings. The normalized spacial score (nSPS) is 13.8. The van der Waals surface area contributed by atoms with Crippen molar-refractivity contribution in [3.8, 4) is 0 Å². The molecule has 0 aliphatic heterocycles. The topological polar surface area (TPSA) is 88.5 Å². The number of nitrogens with zero attached hydrogens (tertiary/aromatic N) is 1. The molecule has 0 aliphatic rings. The summed E-state index contributed by atoms with van der Waals surface area (Å²) in [5, 5.41) is 24.4. The van der Waals surface area contributed by atoms with E-state index in [9.17, 15) is 15.2 Å². The summed E-state index contributed by atoms with van der Waals surface area (Å²) in [4.78, 5) is 10.3. The number of nitro benzene ring substituents is 1. The van der Waals surface area contributed by atoms with Gasteiger partial charge in [-0.15, -0.1) is 0 Å². The van der Waals surface area contributed by atoms with Crippen LogP contribution in [0.25, 0.3) is 0 Å². The van der Waals surface area contributed by atoms with Crippen LogP contribution in [-0.4, -0.2) is 16.6 Å². The van der Waals surface area contributed by atoms with Gasteiger partial charge in [0, 0.05) is 19.2 Å². The van der Waals surface area contributed by atoms with Crippen LogP contribution < -0.4 is 5.32 Å². The molecular weight excluding hydrogens is 308 g/mol. The van der Waals surface area contributed by atoms with Crippen LogP contribution in [0, 0.1) is 17.0 Å². The quantitative estimate of drug-likeness (QED) is 0.629. The van der Waals surface area contributed by atoms with Gasteiger partial charge in [0.15, 0.2) is 0 Å². The van der Waals surface area contributed by atoms with Gasteiger partial charge in [0.25, 0.3) is 5.69 Å². The van der Waals surface area contributed by atoms with Gasteiger partial charge in [-0.3, -0.25) is 10.1 Å². The molecule has 0 aliphatic carbocycles. The summed E-state index contributed by atoms with van der Waals surface area (Å²) < 4.78 is 5.42.